The van der Waals surface area contributed by atoms with E-state index in [1.807, 2.05) is 22.6 Å². The minimum atomic E-state index is -0.748. The fraction of sp³-hybridized carbons (Fsp3) is 0.200. The third-order valence-corrected chi connectivity index (χ3v) is 5.88. The molecule has 0 spiro atoms. The maximum Gasteiger partial charge on any atom is 0.252 e. The molecule has 0 aliphatic carbocycles. The Hall–Kier alpha value is -2.60. The molecule has 1 amide bonds. The number of pyridine rings is 1. The lowest BCUT2D eigenvalue weighted by atomic mass is 10.1. The SMILES string of the molecule is CC1(C)OC=C(COc2ccnc3sc(Nc4ccc(I)cc4F)c(C(N)=O)c23)O1. The summed E-state index contributed by atoms with van der Waals surface area (Å²) in [6.07, 6.45) is 3.06. The van der Waals surface area contributed by atoms with Gasteiger partial charge in [-0.2, -0.15) is 0 Å². The molecule has 1 aromatic carbocycles. The van der Waals surface area contributed by atoms with E-state index in [0.717, 1.165) is 3.57 Å². The Morgan fingerprint density at radius 1 is 1.40 bits per heavy atom. The average molecular weight is 541 g/mol. The number of thiophene rings is 1. The highest BCUT2D eigenvalue weighted by atomic mass is 127. The van der Waals surface area contributed by atoms with Crippen molar-refractivity contribution in [1.29, 1.82) is 0 Å². The summed E-state index contributed by atoms with van der Waals surface area (Å²) >= 11 is 3.21. The third kappa shape index (κ3) is 4.15. The second-order valence-electron chi connectivity index (χ2n) is 6.90. The van der Waals surface area contributed by atoms with E-state index in [2.05, 4.69) is 10.3 Å². The van der Waals surface area contributed by atoms with Crippen LogP contribution < -0.4 is 15.8 Å². The number of halogens is 2. The summed E-state index contributed by atoms with van der Waals surface area (Å²) in [5.74, 6) is -0.933. The number of amides is 1. The van der Waals surface area contributed by atoms with Crippen molar-refractivity contribution in [1.82, 2.24) is 4.98 Å². The number of benzene rings is 1. The molecule has 3 N–H and O–H groups in total. The fourth-order valence-corrected chi connectivity index (χ4v) is 4.47. The molecule has 2 aromatic heterocycles. The number of anilines is 2. The highest BCUT2D eigenvalue weighted by Gasteiger charge is 2.28. The second-order valence-corrected chi connectivity index (χ2v) is 9.15. The molecular weight excluding hydrogens is 524 g/mol. The first-order valence-corrected chi connectivity index (χ1v) is 10.7. The minimum absolute atomic E-state index is 0.102. The summed E-state index contributed by atoms with van der Waals surface area (Å²) in [4.78, 5) is 17.1. The van der Waals surface area contributed by atoms with Gasteiger partial charge in [0.15, 0.2) is 5.76 Å². The maximum atomic E-state index is 14.3. The van der Waals surface area contributed by atoms with Crippen LogP contribution in [0.5, 0.6) is 5.75 Å². The predicted octanol–water partition coefficient (Wildman–Crippen LogP) is 4.89. The first-order valence-electron chi connectivity index (χ1n) is 8.85. The van der Waals surface area contributed by atoms with Crippen LogP contribution >= 0.6 is 33.9 Å². The van der Waals surface area contributed by atoms with E-state index < -0.39 is 17.5 Å². The van der Waals surface area contributed by atoms with Crippen LogP contribution in [-0.2, 0) is 9.47 Å². The van der Waals surface area contributed by atoms with Gasteiger partial charge in [0.1, 0.15) is 34.3 Å². The number of nitrogens with zero attached hydrogens (tertiary/aromatic N) is 1. The van der Waals surface area contributed by atoms with Crippen LogP contribution in [0.1, 0.15) is 24.2 Å². The van der Waals surface area contributed by atoms with Crippen molar-refractivity contribution in [3.8, 4) is 5.75 Å². The van der Waals surface area contributed by atoms with Crippen LogP contribution in [0, 0.1) is 9.39 Å². The smallest absolute Gasteiger partial charge is 0.252 e. The molecular formula is C20H17FIN3O4S. The van der Waals surface area contributed by atoms with Gasteiger partial charge in [-0.1, -0.05) is 11.3 Å². The summed E-state index contributed by atoms with van der Waals surface area (Å²) in [6, 6.07) is 6.39. The molecule has 3 aromatic rings. The van der Waals surface area contributed by atoms with E-state index in [0.29, 0.717) is 26.7 Å². The molecule has 0 unspecified atom stereocenters. The van der Waals surface area contributed by atoms with Crippen molar-refractivity contribution >= 4 is 60.7 Å². The Morgan fingerprint density at radius 3 is 2.87 bits per heavy atom. The normalized spacial score (nSPS) is 14.7. The molecule has 0 fully saturated rings. The van der Waals surface area contributed by atoms with Gasteiger partial charge < -0.3 is 25.3 Å². The van der Waals surface area contributed by atoms with Gasteiger partial charge in [0.05, 0.1) is 16.6 Å². The van der Waals surface area contributed by atoms with E-state index in [1.165, 1.54) is 23.7 Å². The molecule has 156 valence electrons. The number of aromatic nitrogens is 1. The summed E-state index contributed by atoms with van der Waals surface area (Å²) in [7, 11) is 0. The number of ether oxygens (including phenoxy) is 3. The first-order chi connectivity index (χ1) is 14.2. The lowest BCUT2D eigenvalue weighted by molar-refractivity contribution is -0.119. The number of carbonyl (C=O) groups excluding carboxylic acids is 1. The molecule has 10 heteroatoms. The van der Waals surface area contributed by atoms with Crippen LogP contribution in [-0.4, -0.2) is 23.3 Å². The molecule has 0 atom stereocenters. The van der Waals surface area contributed by atoms with Crippen LogP contribution in [0.4, 0.5) is 15.1 Å². The highest BCUT2D eigenvalue weighted by Crippen LogP contribution is 2.41. The molecule has 0 bridgehead atoms. The Kier molecular flexibility index (Phi) is 5.45. The van der Waals surface area contributed by atoms with Crippen molar-refractivity contribution in [2.75, 3.05) is 11.9 Å². The molecule has 1 aliphatic heterocycles. The van der Waals surface area contributed by atoms with Gasteiger partial charge in [-0.15, -0.1) is 0 Å². The lowest BCUT2D eigenvalue weighted by Gasteiger charge is -2.18. The summed E-state index contributed by atoms with van der Waals surface area (Å²) in [5.41, 5.74) is 6.08. The van der Waals surface area contributed by atoms with Crippen LogP contribution in [0.25, 0.3) is 10.2 Å². The fourth-order valence-electron chi connectivity index (χ4n) is 2.94. The molecule has 7 nitrogen and oxygen atoms in total. The van der Waals surface area contributed by atoms with Gasteiger partial charge in [0.25, 0.3) is 5.91 Å². The van der Waals surface area contributed by atoms with Gasteiger partial charge in [0.2, 0.25) is 5.79 Å². The number of carbonyl (C=O) groups is 1. The summed E-state index contributed by atoms with van der Waals surface area (Å²) in [6.45, 7) is 3.67. The molecule has 0 radical (unpaired) electrons. The lowest BCUT2D eigenvalue weighted by Crippen LogP contribution is -2.21. The number of nitrogens with one attached hydrogen (secondary N) is 1. The van der Waals surface area contributed by atoms with Crippen molar-refractivity contribution in [3.05, 3.63) is 57.4 Å². The quantitative estimate of drug-likeness (QED) is 0.432. The largest absolute Gasteiger partial charge is 0.485 e. The van der Waals surface area contributed by atoms with Crippen LogP contribution in [0.2, 0.25) is 0 Å². The monoisotopic (exact) mass is 541 g/mol. The Morgan fingerprint density at radius 2 is 2.20 bits per heavy atom. The van der Waals surface area contributed by atoms with Crippen molar-refractivity contribution in [3.63, 3.8) is 0 Å². The molecule has 1 aliphatic rings. The number of hydrogen-bond donors (Lipinski definition) is 2. The molecule has 4 rings (SSSR count). The van der Waals surface area contributed by atoms with Gasteiger partial charge in [-0.05, 0) is 46.9 Å². The Balaban J connectivity index is 1.69. The average Bonchev–Trinajstić information content (AvgIpc) is 3.21. The highest BCUT2D eigenvalue weighted by molar-refractivity contribution is 14.1. The number of fused-ring (bicyclic) bond motifs is 1. The standard InChI is InChI=1S/C20H17FIN3O4S/c1-20(2)28-9-11(29-20)8-27-14-5-6-24-18-15(14)16(17(23)26)19(30-18)25-13-4-3-10(22)7-12(13)21/h3-7,9,25H,8H2,1-2H3,(H2,23,26). The minimum Gasteiger partial charge on any atom is -0.485 e. The molecule has 0 saturated carbocycles. The van der Waals surface area contributed by atoms with E-state index in [9.17, 15) is 9.18 Å². The molecule has 3 heterocycles. The van der Waals surface area contributed by atoms with Gasteiger partial charge in [-0.25, -0.2) is 9.37 Å². The Bertz CT molecular complexity index is 1180. The number of primary amides is 1. The van der Waals surface area contributed by atoms with E-state index in [1.54, 1.807) is 38.2 Å². The van der Waals surface area contributed by atoms with Crippen LogP contribution in [0.15, 0.2) is 42.5 Å². The zero-order chi connectivity index (χ0) is 21.5. The molecule has 0 saturated heterocycles. The van der Waals surface area contributed by atoms with E-state index >= 15 is 0 Å². The van der Waals surface area contributed by atoms with Crippen molar-refractivity contribution in [2.24, 2.45) is 5.73 Å². The third-order valence-electron chi connectivity index (χ3n) is 4.20. The Labute approximate surface area is 189 Å². The first kappa shape index (κ1) is 20.7. The van der Waals surface area contributed by atoms with E-state index in [-0.39, 0.29) is 17.9 Å². The van der Waals surface area contributed by atoms with Gasteiger partial charge in [-0.3, -0.25) is 4.79 Å². The summed E-state index contributed by atoms with van der Waals surface area (Å²) < 4.78 is 31.9. The van der Waals surface area contributed by atoms with Crippen LogP contribution in [0.3, 0.4) is 0 Å². The molecule has 30 heavy (non-hydrogen) atoms. The topological polar surface area (TPSA) is 95.7 Å². The zero-order valence-electron chi connectivity index (χ0n) is 16.0. The maximum absolute atomic E-state index is 14.3. The van der Waals surface area contributed by atoms with Crippen molar-refractivity contribution in [2.45, 2.75) is 19.6 Å². The van der Waals surface area contributed by atoms with Gasteiger partial charge >= 0.3 is 0 Å². The number of rotatable bonds is 6. The summed E-state index contributed by atoms with van der Waals surface area (Å²) in [5, 5.41) is 3.81. The van der Waals surface area contributed by atoms with Gasteiger partial charge in [0, 0.05) is 23.6 Å². The van der Waals surface area contributed by atoms with Crippen molar-refractivity contribution < 1.29 is 23.4 Å². The zero-order valence-corrected chi connectivity index (χ0v) is 19.0. The number of nitrogens with two attached hydrogens (primary N) is 1. The van der Waals surface area contributed by atoms with E-state index in [4.69, 9.17) is 19.9 Å². The predicted molar refractivity (Wildman–Crippen MR) is 120 cm³/mol. The second kappa shape index (κ2) is 7.91. The number of hydrogen-bond acceptors (Lipinski definition) is 7.